The second-order valence-electron chi connectivity index (χ2n) is 4.27. The molecule has 0 fully saturated rings. The Hall–Kier alpha value is -1.30. The van der Waals surface area contributed by atoms with Crippen LogP contribution in [0.3, 0.4) is 0 Å². The van der Waals surface area contributed by atoms with E-state index in [1.54, 1.807) is 21.1 Å². The molecule has 0 spiro atoms. The number of methoxy groups -OCH3 is 2. The number of aliphatic hydroxyl groups excluding tert-OH is 2. The van der Waals surface area contributed by atoms with E-state index in [0.717, 1.165) is 11.3 Å². The van der Waals surface area contributed by atoms with Crippen LogP contribution in [0.2, 0.25) is 0 Å². The van der Waals surface area contributed by atoms with E-state index >= 15 is 0 Å². The van der Waals surface area contributed by atoms with E-state index in [1.165, 1.54) is 0 Å². The van der Waals surface area contributed by atoms with Crippen molar-refractivity contribution in [2.75, 3.05) is 45.4 Å². The molecule has 0 radical (unpaired) electrons. The number of hydrogen-bond acceptors (Lipinski definition) is 5. The highest BCUT2D eigenvalue weighted by atomic mass is 16.5. The number of nitrogens with zero attached hydrogens (tertiary/aromatic N) is 1. The van der Waals surface area contributed by atoms with Gasteiger partial charge in [0.1, 0.15) is 5.75 Å². The van der Waals surface area contributed by atoms with Gasteiger partial charge in [-0.1, -0.05) is 6.07 Å². The van der Waals surface area contributed by atoms with Crippen molar-refractivity contribution >= 4 is 5.69 Å². The molecular weight excluding hydrogens is 246 g/mol. The molecular formula is C14H23NO4. The minimum Gasteiger partial charge on any atom is -0.496 e. The lowest BCUT2D eigenvalue weighted by Gasteiger charge is -2.28. The number of hydrogen-bond donors (Lipinski definition) is 2. The Balaban J connectivity index is 3.13. The Kier molecular flexibility index (Phi) is 6.62. The fourth-order valence-corrected chi connectivity index (χ4v) is 2.08. The van der Waals surface area contributed by atoms with E-state index in [4.69, 9.17) is 9.47 Å². The van der Waals surface area contributed by atoms with Gasteiger partial charge in [-0.25, -0.2) is 0 Å². The van der Waals surface area contributed by atoms with Crippen LogP contribution < -0.4 is 9.64 Å². The zero-order chi connectivity index (χ0) is 14.3. The van der Waals surface area contributed by atoms with Gasteiger partial charge >= 0.3 is 0 Å². The van der Waals surface area contributed by atoms with Gasteiger partial charge in [0.15, 0.2) is 0 Å². The summed E-state index contributed by atoms with van der Waals surface area (Å²) in [5.41, 5.74) is 1.59. The SMILES string of the molecule is COCCN(CCO)c1cccc(OC)c1[C@H](C)O. The Labute approximate surface area is 114 Å². The van der Waals surface area contributed by atoms with Crippen LogP contribution in [-0.4, -0.2) is 50.7 Å². The molecule has 0 saturated heterocycles. The molecule has 0 bridgehead atoms. The second-order valence-corrected chi connectivity index (χ2v) is 4.27. The first-order chi connectivity index (χ1) is 9.15. The number of anilines is 1. The average molecular weight is 269 g/mol. The van der Waals surface area contributed by atoms with Crippen LogP contribution in [0.5, 0.6) is 5.75 Å². The second kappa shape index (κ2) is 7.99. The first-order valence-electron chi connectivity index (χ1n) is 6.35. The summed E-state index contributed by atoms with van der Waals surface area (Å²) in [7, 11) is 3.22. The van der Waals surface area contributed by atoms with Crippen molar-refractivity contribution in [1.29, 1.82) is 0 Å². The summed E-state index contributed by atoms with van der Waals surface area (Å²) >= 11 is 0. The number of benzene rings is 1. The summed E-state index contributed by atoms with van der Waals surface area (Å²) in [6, 6.07) is 5.60. The summed E-state index contributed by atoms with van der Waals surface area (Å²) in [4.78, 5) is 1.98. The molecule has 108 valence electrons. The molecule has 1 aromatic rings. The molecule has 1 rings (SSSR count). The molecule has 0 aliphatic carbocycles. The van der Waals surface area contributed by atoms with Crippen LogP contribution >= 0.6 is 0 Å². The van der Waals surface area contributed by atoms with Gasteiger partial charge in [0.2, 0.25) is 0 Å². The standard InChI is InChI=1S/C14H23NO4/c1-11(17)14-12(5-4-6-13(14)19-3)15(7-9-16)8-10-18-2/h4-6,11,16-17H,7-10H2,1-3H3/t11-/m0/s1. The van der Waals surface area contributed by atoms with Crippen molar-refractivity contribution in [2.45, 2.75) is 13.0 Å². The molecule has 0 amide bonds. The van der Waals surface area contributed by atoms with Crippen molar-refractivity contribution in [2.24, 2.45) is 0 Å². The minimum absolute atomic E-state index is 0.0418. The van der Waals surface area contributed by atoms with Crippen LogP contribution in [0.4, 0.5) is 5.69 Å². The Bertz CT molecular complexity index is 382. The smallest absolute Gasteiger partial charge is 0.126 e. The molecule has 0 aromatic heterocycles. The highest BCUT2D eigenvalue weighted by molar-refractivity contribution is 5.60. The lowest BCUT2D eigenvalue weighted by molar-refractivity contribution is 0.192. The maximum atomic E-state index is 9.96. The Morgan fingerprint density at radius 1 is 1.26 bits per heavy atom. The highest BCUT2D eigenvalue weighted by Crippen LogP contribution is 2.34. The van der Waals surface area contributed by atoms with Crippen molar-refractivity contribution in [3.63, 3.8) is 0 Å². The van der Waals surface area contributed by atoms with E-state index in [9.17, 15) is 10.2 Å². The Morgan fingerprint density at radius 3 is 2.53 bits per heavy atom. The predicted octanol–water partition coefficient (Wildman–Crippen LogP) is 1.19. The first-order valence-corrected chi connectivity index (χ1v) is 6.35. The van der Waals surface area contributed by atoms with Gasteiger partial charge in [0.25, 0.3) is 0 Å². The Morgan fingerprint density at radius 2 is 2.00 bits per heavy atom. The molecule has 1 aromatic carbocycles. The third kappa shape index (κ3) is 4.09. The monoisotopic (exact) mass is 269 g/mol. The van der Waals surface area contributed by atoms with Crippen LogP contribution in [-0.2, 0) is 4.74 Å². The van der Waals surface area contributed by atoms with Crippen molar-refractivity contribution in [3.8, 4) is 5.75 Å². The number of aliphatic hydroxyl groups is 2. The van der Waals surface area contributed by atoms with Crippen molar-refractivity contribution in [3.05, 3.63) is 23.8 Å². The molecule has 0 heterocycles. The van der Waals surface area contributed by atoms with Gasteiger partial charge in [0, 0.05) is 31.5 Å². The van der Waals surface area contributed by atoms with E-state index in [0.29, 0.717) is 25.4 Å². The zero-order valence-corrected chi connectivity index (χ0v) is 11.8. The van der Waals surface area contributed by atoms with Crippen molar-refractivity contribution in [1.82, 2.24) is 0 Å². The fourth-order valence-electron chi connectivity index (χ4n) is 2.08. The lowest BCUT2D eigenvalue weighted by atomic mass is 10.1. The van der Waals surface area contributed by atoms with E-state index in [1.807, 2.05) is 23.1 Å². The molecule has 5 heteroatoms. The maximum absolute atomic E-state index is 9.96. The molecule has 19 heavy (non-hydrogen) atoms. The third-order valence-electron chi connectivity index (χ3n) is 2.96. The van der Waals surface area contributed by atoms with Gasteiger partial charge in [-0.2, -0.15) is 0 Å². The van der Waals surface area contributed by atoms with Crippen LogP contribution in [0.1, 0.15) is 18.6 Å². The summed E-state index contributed by atoms with van der Waals surface area (Å²) in [5.74, 6) is 0.646. The molecule has 2 N–H and O–H groups in total. The summed E-state index contributed by atoms with van der Waals surface area (Å²) in [6.07, 6.45) is -0.644. The summed E-state index contributed by atoms with van der Waals surface area (Å²) in [6.45, 7) is 3.42. The highest BCUT2D eigenvalue weighted by Gasteiger charge is 2.18. The molecule has 1 atom stereocenters. The van der Waals surface area contributed by atoms with Crippen molar-refractivity contribution < 1.29 is 19.7 Å². The van der Waals surface area contributed by atoms with E-state index in [2.05, 4.69) is 0 Å². The normalized spacial score (nSPS) is 12.3. The molecule has 0 aliphatic rings. The predicted molar refractivity (Wildman–Crippen MR) is 74.8 cm³/mol. The van der Waals surface area contributed by atoms with E-state index in [-0.39, 0.29) is 6.61 Å². The summed E-state index contributed by atoms with van der Waals surface area (Å²) < 4.78 is 10.4. The first kappa shape index (κ1) is 15.8. The van der Waals surface area contributed by atoms with Gasteiger partial charge < -0.3 is 24.6 Å². The van der Waals surface area contributed by atoms with E-state index < -0.39 is 6.10 Å². The minimum atomic E-state index is -0.644. The van der Waals surface area contributed by atoms with Gasteiger partial charge in [-0.3, -0.25) is 0 Å². The topological polar surface area (TPSA) is 62.2 Å². The lowest BCUT2D eigenvalue weighted by Crippen LogP contribution is -2.31. The van der Waals surface area contributed by atoms with Gasteiger partial charge in [-0.05, 0) is 19.1 Å². The fraction of sp³-hybridized carbons (Fsp3) is 0.571. The number of rotatable bonds is 8. The average Bonchev–Trinajstić information content (AvgIpc) is 2.42. The maximum Gasteiger partial charge on any atom is 0.126 e. The molecule has 0 saturated carbocycles. The quantitative estimate of drug-likeness (QED) is 0.742. The van der Waals surface area contributed by atoms with Crippen LogP contribution in [0, 0.1) is 0 Å². The molecule has 0 unspecified atom stereocenters. The third-order valence-corrected chi connectivity index (χ3v) is 2.96. The zero-order valence-electron chi connectivity index (χ0n) is 11.8. The largest absolute Gasteiger partial charge is 0.496 e. The molecule has 5 nitrogen and oxygen atoms in total. The number of ether oxygens (including phenoxy) is 2. The van der Waals surface area contributed by atoms with Gasteiger partial charge in [0.05, 0.1) is 26.4 Å². The van der Waals surface area contributed by atoms with Crippen LogP contribution in [0.25, 0.3) is 0 Å². The summed E-state index contributed by atoms with van der Waals surface area (Å²) in [5, 5.41) is 19.1. The van der Waals surface area contributed by atoms with Gasteiger partial charge in [-0.15, -0.1) is 0 Å². The molecule has 0 aliphatic heterocycles. The van der Waals surface area contributed by atoms with Crippen LogP contribution in [0.15, 0.2) is 18.2 Å².